The number of anilines is 3. The van der Waals surface area contributed by atoms with E-state index in [9.17, 15) is 4.39 Å². The van der Waals surface area contributed by atoms with Crippen LogP contribution in [0.15, 0.2) is 60.2 Å². The number of aromatic nitrogens is 1. The van der Waals surface area contributed by atoms with Crippen molar-refractivity contribution in [1.82, 2.24) is 9.88 Å². The normalized spacial score (nSPS) is 14.1. The van der Waals surface area contributed by atoms with Crippen molar-refractivity contribution in [3.8, 4) is 0 Å². The first-order chi connectivity index (χ1) is 12.5. The molecule has 1 aromatic carbocycles. The minimum Gasteiger partial charge on any atom is -0.397 e. The van der Waals surface area contributed by atoms with Gasteiger partial charge in [0.15, 0.2) is 0 Å². The molecule has 6 heteroatoms. The van der Waals surface area contributed by atoms with E-state index < -0.39 is 0 Å². The molecule has 5 nitrogen and oxygen atoms in total. The quantitative estimate of drug-likeness (QED) is 0.694. The zero-order valence-corrected chi connectivity index (χ0v) is 14.7. The smallest absolute Gasteiger partial charge is 0.119 e. The predicted octanol–water partition coefficient (Wildman–Crippen LogP) is 3.06. The van der Waals surface area contributed by atoms with Crippen molar-refractivity contribution < 1.29 is 4.39 Å². The number of rotatable bonds is 6. The van der Waals surface area contributed by atoms with Gasteiger partial charge in [-0.25, -0.2) is 4.39 Å². The molecule has 6 N–H and O–H groups in total. The Morgan fingerprint density at radius 1 is 0.962 bits per heavy atom. The molecule has 0 spiro atoms. The van der Waals surface area contributed by atoms with Gasteiger partial charge in [-0.15, -0.1) is 0 Å². The summed E-state index contributed by atoms with van der Waals surface area (Å²) in [5, 5.41) is 0. The van der Waals surface area contributed by atoms with Crippen LogP contribution >= 0.6 is 0 Å². The fraction of sp³-hybridized carbons (Fsp3) is 0.250. The summed E-state index contributed by atoms with van der Waals surface area (Å²) in [4.78, 5) is 6.39. The Hall–Kier alpha value is -3.02. The van der Waals surface area contributed by atoms with Gasteiger partial charge in [-0.1, -0.05) is 12.1 Å². The summed E-state index contributed by atoms with van der Waals surface area (Å²) in [5.74, 6) is -0.133. The number of allylic oxidation sites excluding steroid dienone is 3. The summed E-state index contributed by atoms with van der Waals surface area (Å²) in [6.07, 6.45) is 7.39. The largest absolute Gasteiger partial charge is 0.397 e. The summed E-state index contributed by atoms with van der Waals surface area (Å²) in [5.41, 5.74) is 22.2. The third-order valence-corrected chi connectivity index (χ3v) is 4.63. The van der Waals surface area contributed by atoms with Crippen LogP contribution in [0, 0.1) is 0 Å². The molecule has 3 rings (SSSR count). The van der Waals surface area contributed by atoms with Crippen LogP contribution in [0.5, 0.6) is 0 Å². The number of hydrogen-bond acceptors (Lipinski definition) is 5. The van der Waals surface area contributed by atoms with Gasteiger partial charge in [-0.2, -0.15) is 0 Å². The number of hydrogen-bond donors (Lipinski definition) is 3. The van der Waals surface area contributed by atoms with Crippen molar-refractivity contribution >= 4 is 17.1 Å². The van der Waals surface area contributed by atoms with Crippen LogP contribution in [0.1, 0.15) is 17.7 Å². The van der Waals surface area contributed by atoms with E-state index in [1.54, 1.807) is 12.3 Å². The fourth-order valence-electron chi connectivity index (χ4n) is 3.07. The van der Waals surface area contributed by atoms with Crippen molar-refractivity contribution in [2.45, 2.75) is 19.3 Å². The van der Waals surface area contributed by atoms with E-state index in [0.717, 1.165) is 36.2 Å². The lowest BCUT2D eigenvalue weighted by molar-refractivity contribution is 0.328. The SMILES string of the molecule is Nc1ccc(CCC2=CC=C(F)CN2CCc2ccccn2)c(N)c1N. The first-order valence-electron chi connectivity index (χ1n) is 8.67. The molecule has 136 valence electrons. The van der Waals surface area contributed by atoms with E-state index in [1.807, 2.05) is 30.3 Å². The second kappa shape index (κ2) is 7.91. The Morgan fingerprint density at radius 3 is 2.58 bits per heavy atom. The van der Waals surface area contributed by atoms with Gasteiger partial charge in [-0.05, 0) is 48.8 Å². The van der Waals surface area contributed by atoms with Crippen LogP contribution in [-0.4, -0.2) is 23.0 Å². The first kappa shape index (κ1) is 17.8. The predicted molar refractivity (Wildman–Crippen MR) is 105 cm³/mol. The summed E-state index contributed by atoms with van der Waals surface area (Å²) in [6, 6.07) is 9.51. The number of halogens is 1. The van der Waals surface area contributed by atoms with Crippen LogP contribution in [0.25, 0.3) is 0 Å². The average Bonchev–Trinajstić information content (AvgIpc) is 2.66. The minimum atomic E-state index is -0.133. The van der Waals surface area contributed by atoms with Crippen molar-refractivity contribution in [1.29, 1.82) is 0 Å². The number of aryl methyl sites for hydroxylation is 1. The molecule has 0 aliphatic carbocycles. The average molecular weight is 353 g/mol. The molecule has 0 unspecified atom stereocenters. The molecule has 1 aliphatic heterocycles. The molecule has 0 atom stereocenters. The van der Waals surface area contributed by atoms with Gasteiger partial charge in [0, 0.05) is 30.6 Å². The zero-order chi connectivity index (χ0) is 18.5. The lowest BCUT2D eigenvalue weighted by atomic mass is 10.0. The summed E-state index contributed by atoms with van der Waals surface area (Å²) >= 11 is 0. The first-order valence-corrected chi connectivity index (χ1v) is 8.67. The van der Waals surface area contributed by atoms with Crippen LogP contribution in [-0.2, 0) is 12.8 Å². The van der Waals surface area contributed by atoms with Gasteiger partial charge in [0.05, 0.1) is 23.6 Å². The monoisotopic (exact) mass is 353 g/mol. The van der Waals surface area contributed by atoms with E-state index in [4.69, 9.17) is 17.2 Å². The number of nitrogen functional groups attached to an aromatic ring is 3. The zero-order valence-electron chi connectivity index (χ0n) is 14.7. The van der Waals surface area contributed by atoms with E-state index in [0.29, 0.717) is 23.6 Å². The molecule has 1 aliphatic rings. The summed E-state index contributed by atoms with van der Waals surface area (Å²) in [7, 11) is 0. The Morgan fingerprint density at radius 2 is 1.81 bits per heavy atom. The summed E-state index contributed by atoms with van der Waals surface area (Å²) < 4.78 is 13.8. The van der Waals surface area contributed by atoms with Crippen LogP contribution in [0.4, 0.5) is 21.5 Å². The molecule has 1 aromatic heterocycles. The Bertz CT molecular complexity index is 830. The molecular weight excluding hydrogens is 329 g/mol. The molecule has 0 saturated heterocycles. The number of pyridine rings is 1. The van der Waals surface area contributed by atoms with Crippen LogP contribution in [0.2, 0.25) is 0 Å². The maximum atomic E-state index is 13.8. The highest BCUT2D eigenvalue weighted by Crippen LogP contribution is 2.29. The third kappa shape index (κ3) is 4.14. The summed E-state index contributed by atoms with van der Waals surface area (Å²) in [6.45, 7) is 1.00. The van der Waals surface area contributed by atoms with Gasteiger partial charge >= 0.3 is 0 Å². The standard InChI is InChI=1S/C20H24FN5/c21-15-6-8-17(7-4-14-5-9-18(22)20(24)19(14)23)26(13-15)12-10-16-3-1-2-11-25-16/h1-3,5-6,8-9,11H,4,7,10,12-13,22-24H2. The maximum Gasteiger partial charge on any atom is 0.119 e. The second-order valence-corrected chi connectivity index (χ2v) is 6.41. The minimum absolute atomic E-state index is 0.133. The molecule has 0 bridgehead atoms. The number of nitrogens with two attached hydrogens (primary N) is 3. The van der Waals surface area contributed by atoms with Crippen molar-refractivity contribution in [3.05, 3.63) is 71.5 Å². The highest BCUT2D eigenvalue weighted by atomic mass is 19.1. The fourth-order valence-corrected chi connectivity index (χ4v) is 3.07. The van der Waals surface area contributed by atoms with Gasteiger partial charge in [0.2, 0.25) is 0 Å². The van der Waals surface area contributed by atoms with Crippen molar-refractivity contribution in [2.24, 2.45) is 0 Å². The number of nitrogens with zero attached hydrogens (tertiary/aromatic N) is 2. The van der Waals surface area contributed by atoms with Crippen molar-refractivity contribution in [3.63, 3.8) is 0 Å². The Balaban J connectivity index is 1.67. The van der Waals surface area contributed by atoms with Gasteiger partial charge in [0.1, 0.15) is 5.83 Å². The molecule has 0 fully saturated rings. The van der Waals surface area contributed by atoms with Crippen LogP contribution < -0.4 is 17.2 Å². The molecular formula is C20H24FN5. The maximum absolute atomic E-state index is 13.8. The molecule has 26 heavy (non-hydrogen) atoms. The third-order valence-electron chi connectivity index (χ3n) is 4.63. The van der Waals surface area contributed by atoms with Gasteiger partial charge < -0.3 is 22.1 Å². The van der Waals surface area contributed by atoms with Gasteiger partial charge in [-0.3, -0.25) is 4.98 Å². The Labute approximate surface area is 153 Å². The van der Waals surface area contributed by atoms with E-state index in [2.05, 4.69) is 9.88 Å². The van der Waals surface area contributed by atoms with Crippen LogP contribution in [0.3, 0.4) is 0 Å². The molecule has 0 saturated carbocycles. The van der Waals surface area contributed by atoms with Gasteiger partial charge in [0.25, 0.3) is 0 Å². The lowest BCUT2D eigenvalue weighted by Gasteiger charge is -2.29. The highest BCUT2D eigenvalue weighted by Gasteiger charge is 2.16. The molecule has 0 radical (unpaired) electrons. The lowest BCUT2D eigenvalue weighted by Crippen LogP contribution is -2.29. The highest BCUT2D eigenvalue weighted by molar-refractivity contribution is 5.79. The number of benzene rings is 1. The molecule has 0 amide bonds. The van der Waals surface area contributed by atoms with E-state index in [1.165, 1.54) is 6.08 Å². The topological polar surface area (TPSA) is 94.2 Å². The van der Waals surface area contributed by atoms with E-state index >= 15 is 0 Å². The molecule has 2 aromatic rings. The molecule has 2 heterocycles. The second-order valence-electron chi connectivity index (χ2n) is 6.41. The van der Waals surface area contributed by atoms with E-state index in [-0.39, 0.29) is 12.4 Å². The Kier molecular flexibility index (Phi) is 5.41. The van der Waals surface area contributed by atoms with Crippen molar-refractivity contribution in [2.75, 3.05) is 30.3 Å².